The first-order valence-electron chi connectivity index (χ1n) is 18.4. The number of benzene rings is 8. The van der Waals surface area contributed by atoms with Crippen LogP contribution in [-0.4, -0.2) is 14.1 Å². The quantitative estimate of drug-likeness (QED) is 0.178. The molecule has 2 aliphatic heterocycles. The van der Waals surface area contributed by atoms with E-state index in [4.69, 9.17) is 27.4 Å². The second-order valence-corrected chi connectivity index (χ2v) is 18.7. The molecular formula is C46H39N3O4P2. The van der Waals surface area contributed by atoms with Gasteiger partial charge in [0.15, 0.2) is 0 Å². The number of aryl methyl sites for hydroxylation is 4. The Labute approximate surface area is 320 Å². The summed E-state index contributed by atoms with van der Waals surface area (Å²) in [6.45, 7) is 8.33. The van der Waals surface area contributed by atoms with E-state index in [9.17, 15) is 0 Å². The first-order valence-corrected chi connectivity index (χ1v) is 21.5. The van der Waals surface area contributed by atoms with Crippen molar-refractivity contribution in [2.45, 2.75) is 27.7 Å². The molecule has 8 aromatic rings. The molecule has 9 heteroatoms. The molecule has 0 saturated heterocycles. The summed E-state index contributed by atoms with van der Waals surface area (Å²) in [7, 11) is -3.60. The largest absolute Gasteiger partial charge is 0.449 e. The fourth-order valence-corrected chi connectivity index (χ4v) is 13.1. The van der Waals surface area contributed by atoms with Crippen molar-refractivity contribution in [3.8, 4) is 45.3 Å². The Morgan fingerprint density at radius 1 is 0.436 bits per heavy atom. The molecule has 0 fully saturated rings. The topological polar surface area (TPSA) is 73.7 Å². The van der Waals surface area contributed by atoms with E-state index in [2.05, 4.69) is 154 Å². The Kier molecular flexibility index (Phi) is 7.70. The van der Waals surface area contributed by atoms with Crippen molar-refractivity contribution in [3.63, 3.8) is 0 Å². The van der Waals surface area contributed by atoms with E-state index in [1.54, 1.807) is 7.05 Å². The van der Waals surface area contributed by atoms with Crippen molar-refractivity contribution >= 4 is 58.4 Å². The molecule has 8 aromatic carbocycles. The van der Waals surface area contributed by atoms with E-state index in [0.717, 1.165) is 87.6 Å². The fraction of sp³-hybridized carbons (Fsp3) is 0.130. The monoisotopic (exact) mass is 759 g/mol. The van der Waals surface area contributed by atoms with Crippen LogP contribution in [0.25, 0.3) is 65.3 Å². The van der Waals surface area contributed by atoms with E-state index in [-0.39, 0.29) is 0 Å². The Bertz CT molecular complexity index is 2890. The first-order chi connectivity index (χ1) is 26.7. The van der Waals surface area contributed by atoms with Crippen molar-refractivity contribution in [1.29, 1.82) is 0 Å². The van der Waals surface area contributed by atoms with Crippen molar-refractivity contribution in [2.75, 3.05) is 14.1 Å². The Morgan fingerprint density at radius 2 is 0.727 bits per heavy atom. The van der Waals surface area contributed by atoms with Crippen LogP contribution in [0.4, 0.5) is 0 Å². The number of nitrogens with zero attached hydrogens (tertiary/aromatic N) is 2. The second-order valence-electron chi connectivity index (χ2n) is 14.4. The number of hydrogen-bond acceptors (Lipinski definition) is 5. The van der Waals surface area contributed by atoms with Crippen LogP contribution >= 0.6 is 15.3 Å². The molecule has 0 spiro atoms. The van der Waals surface area contributed by atoms with Gasteiger partial charge in [0.2, 0.25) is 0 Å². The second kappa shape index (κ2) is 12.5. The highest BCUT2D eigenvalue weighted by molar-refractivity contribution is 7.67. The van der Waals surface area contributed by atoms with Gasteiger partial charge in [0.1, 0.15) is 23.0 Å². The zero-order chi connectivity index (χ0) is 37.6. The number of fused-ring (bicyclic) bond motifs is 14. The average Bonchev–Trinajstić information content (AvgIpc) is 3.45. The van der Waals surface area contributed by atoms with Gasteiger partial charge in [-0.3, -0.25) is 0 Å². The third kappa shape index (κ3) is 5.14. The summed E-state index contributed by atoms with van der Waals surface area (Å²) in [5.74, 6) is 2.78. The molecule has 0 amide bonds. The molecule has 0 aliphatic carbocycles. The maximum Gasteiger partial charge on any atom is 0.449 e. The lowest BCUT2D eigenvalue weighted by Gasteiger charge is -2.28. The van der Waals surface area contributed by atoms with Crippen molar-refractivity contribution < 1.29 is 18.1 Å². The molecule has 0 aromatic heterocycles. The number of nitrogens with one attached hydrogen (secondary N) is 1. The van der Waals surface area contributed by atoms with Crippen LogP contribution in [0.3, 0.4) is 0 Å². The molecule has 0 atom stereocenters. The van der Waals surface area contributed by atoms with E-state index in [1.165, 1.54) is 0 Å². The van der Waals surface area contributed by atoms with Crippen molar-refractivity contribution in [2.24, 2.45) is 9.26 Å². The lowest BCUT2D eigenvalue weighted by atomic mass is 9.89. The van der Waals surface area contributed by atoms with Gasteiger partial charge in [0.25, 0.3) is 0 Å². The molecule has 55 heavy (non-hydrogen) atoms. The Morgan fingerprint density at radius 3 is 1.02 bits per heavy atom. The molecule has 1 N–H and O–H groups in total. The van der Waals surface area contributed by atoms with E-state index >= 15 is 0 Å². The molecular weight excluding hydrogens is 720 g/mol. The van der Waals surface area contributed by atoms with Gasteiger partial charge in [-0.2, -0.15) is 0 Å². The minimum Gasteiger partial charge on any atom is -0.418 e. The minimum absolute atomic E-state index is 0.685. The Balaban J connectivity index is 1.31. The molecule has 2 heterocycles. The van der Waals surface area contributed by atoms with Crippen LogP contribution in [0.1, 0.15) is 22.3 Å². The molecule has 0 saturated carbocycles. The molecule has 10 rings (SSSR count). The maximum atomic E-state index is 7.29. The first kappa shape index (κ1) is 33.9. The van der Waals surface area contributed by atoms with E-state index in [1.807, 2.05) is 7.05 Å². The Hall–Kier alpha value is -5.58. The van der Waals surface area contributed by atoms with Crippen LogP contribution in [-0.2, 0) is 0 Å². The SMILES string of the molecule is CN=P1(N=P2(NC)Oc3c(C)cc4ccccc4c3-c3c(c(C)cc4ccccc34)O2)Oc2c(C)cc3ccccc3c2-c2c(c(C)cc3ccccc23)O1. The van der Waals surface area contributed by atoms with Gasteiger partial charge in [-0.25, -0.2) is 9.83 Å². The van der Waals surface area contributed by atoms with Crippen LogP contribution < -0.4 is 23.2 Å². The summed E-state index contributed by atoms with van der Waals surface area (Å²) in [4.78, 5) is 0. The van der Waals surface area contributed by atoms with Crippen LogP contribution in [0.5, 0.6) is 23.0 Å². The lowest BCUT2D eigenvalue weighted by Crippen LogP contribution is -2.16. The standard InChI is InChI=1S/C46H39N3O4P2/c1-27-23-31-15-7-11-19-35(31)39-40-36-20-12-8-16-32(36)24-28(2)44(40)51-54(47-5,50-43(27)39)49-55(48-6)52-45-29(3)25-33-17-9-13-21-37(33)41(45)42-38-22-14-10-18-34(38)26-30(4)46(42)53-55/h7-26,47H,1-6H3. The highest BCUT2D eigenvalue weighted by Gasteiger charge is 2.42. The molecule has 2 aliphatic rings. The third-order valence-electron chi connectivity index (χ3n) is 10.9. The third-order valence-corrected chi connectivity index (χ3v) is 15.5. The van der Waals surface area contributed by atoms with Crippen LogP contribution in [0.15, 0.2) is 131 Å². The molecule has 7 nitrogen and oxygen atoms in total. The van der Waals surface area contributed by atoms with E-state index in [0.29, 0.717) is 23.0 Å². The summed E-state index contributed by atoms with van der Waals surface area (Å²) in [6, 6.07) is 42.4. The summed E-state index contributed by atoms with van der Waals surface area (Å²) >= 11 is 0. The summed E-state index contributed by atoms with van der Waals surface area (Å²) in [5.41, 5.74) is 7.72. The summed E-state index contributed by atoms with van der Waals surface area (Å²) in [6.07, 6.45) is 0. The molecule has 0 bridgehead atoms. The van der Waals surface area contributed by atoms with Crippen molar-refractivity contribution in [3.05, 3.63) is 144 Å². The lowest BCUT2D eigenvalue weighted by molar-refractivity contribution is 0.457. The molecule has 0 radical (unpaired) electrons. The maximum absolute atomic E-state index is 7.29. The zero-order valence-electron chi connectivity index (χ0n) is 31.5. The van der Waals surface area contributed by atoms with Gasteiger partial charge in [-0.05, 0) is 124 Å². The van der Waals surface area contributed by atoms with Crippen LogP contribution in [0.2, 0.25) is 0 Å². The predicted molar refractivity (Wildman–Crippen MR) is 229 cm³/mol. The number of hydrogen-bond donors (Lipinski definition) is 1. The van der Waals surface area contributed by atoms with Crippen LogP contribution in [0, 0.1) is 27.7 Å². The normalized spacial score (nSPS) is 14.9. The van der Waals surface area contributed by atoms with Gasteiger partial charge in [-0.1, -0.05) is 97.1 Å². The zero-order valence-corrected chi connectivity index (χ0v) is 33.3. The van der Waals surface area contributed by atoms with Gasteiger partial charge in [-0.15, -0.1) is 4.52 Å². The van der Waals surface area contributed by atoms with Gasteiger partial charge < -0.3 is 18.1 Å². The fourth-order valence-electron chi connectivity index (χ4n) is 8.34. The average molecular weight is 760 g/mol. The summed E-state index contributed by atoms with van der Waals surface area (Å²) < 4.78 is 39.6. The highest BCUT2D eigenvalue weighted by Crippen LogP contribution is 2.69. The molecule has 0 unspecified atom stereocenters. The van der Waals surface area contributed by atoms with Crippen molar-refractivity contribution in [1.82, 2.24) is 5.09 Å². The van der Waals surface area contributed by atoms with Gasteiger partial charge in [0, 0.05) is 29.3 Å². The highest BCUT2D eigenvalue weighted by atomic mass is 31.2. The number of rotatable bonds is 2. The van der Waals surface area contributed by atoms with Gasteiger partial charge in [0.05, 0.1) is 0 Å². The molecule has 272 valence electrons. The van der Waals surface area contributed by atoms with Gasteiger partial charge >= 0.3 is 15.3 Å². The predicted octanol–water partition coefficient (Wildman–Crippen LogP) is 13.9. The smallest absolute Gasteiger partial charge is 0.418 e. The minimum atomic E-state index is -3.62. The van der Waals surface area contributed by atoms with E-state index < -0.39 is 15.3 Å². The summed E-state index contributed by atoms with van der Waals surface area (Å²) in [5, 5.41) is 12.2.